The molecule has 1 saturated heterocycles. The molecule has 5 heteroatoms. The first-order valence-corrected chi connectivity index (χ1v) is 4.97. The van der Waals surface area contributed by atoms with Gasteiger partial charge in [0.25, 0.3) is 0 Å². The number of fused-ring (bicyclic) bond motifs is 1. The minimum Gasteiger partial charge on any atom is -0.459 e. The number of aliphatic hydroxyl groups is 1. The van der Waals surface area contributed by atoms with Gasteiger partial charge in [-0.1, -0.05) is 6.92 Å². The van der Waals surface area contributed by atoms with E-state index in [9.17, 15) is 9.59 Å². The highest BCUT2D eigenvalue weighted by Gasteiger charge is 2.47. The Kier molecular flexibility index (Phi) is 2.48. The van der Waals surface area contributed by atoms with Crippen LogP contribution < -0.4 is 0 Å². The maximum Gasteiger partial charge on any atom is 0.354 e. The lowest BCUT2D eigenvalue weighted by Crippen LogP contribution is -2.51. The van der Waals surface area contributed by atoms with Crippen molar-refractivity contribution in [3.63, 3.8) is 0 Å². The van der Waals surface area contributed by atoms with Gasteiger partial charge in [0.1, 0.15) is 12.3 Å². The smallest absolute Gasteiger partial charge is 0.354 e. The van der Waals surface area contributed by atoms with Gasteiger partial charge in [0.15, 0.2) is 0 Å². The highest BCUT2D eigenvalue weighted by molar-refractivity contribution is 5.98. The SMILES string of the molecule is CC1C=C(C(=O)OCCO)N2C(=O)C[C@@H]12. The number of hydrogen-bond acceptors (Lipinski definition) is 4. The molecule has 1 fully saturated rings. The second kappa shape index (κ2) is 3.66. The normalized spacial score (nSPS) is 28.3. The van der Waals surface area contributed by atoms with Gasteiger partial charge in [-0.15, -0.1) is 0 Å². The zero-order valence-corrected chi connectivity index (χ0v) is 8.47. The van der Waals surface area contributed by atoms with E-state index in [4.69, 9.17) is 9.84 Å². The van der Waals surface area contributed by atoms with Gasteiger partial charge in [-0.25, -0.2) is 4.79 Å². The molecular formula is C10H13NO4. The van der Waals surface area contributed by atoms with Gasteiger partial charge in [-0.05, 0) is 12.0 Å². The van der Waals surface area contributed by atoms with Gasteiger partial charge >= 0.3 is 5.97 Å². The number of rotatable bonds is 3. The minimum absolute atomic E-state index is 0.0305. The van der Waals surface area contributed by atoms with Crippen LogP contribution in [0.5, 0.6) is 0 Å². The van der Waals surface area contributed by atoms with Crippen LogP contribution >= 0.6 is 0 Å². The van der Waals surface area contributed by atoms with E-state index in [-0.39, 0.29) is 31.1 Å². The van der Waals surface area contributed by atoms with Crippen LogP contribution in [-0.2, 0) is 14.3 Å². The molecule has 1 unspecified atom stereocenters. The van der Waals surface area contributed by atoms with Crippen molar-refractivity contribution in [2.24, 2.45) is 5.92 Å². The fraction of sp³-hybridized carbons (Fsp3) is 0.600. The lowest BCUT2D eigenvalue weighted by atomic mass is 9.94. The van der Waals surface area contributed by atoms with E-state index in [0.29, 0.717) is 12.1 Å². The van der Waals surface area contributed by atoms with E-state index in [1.54, 1.807) is 6.08 Å². The quantitative estimate of drug-likeness (QED) is 0.512. The molecule has 0 bridgehead atoms. The summed E-state index contributed by atoms with van der Waals surface area (Å²) in [7, 11) is 0. The fourth-order valence-corrected chi connectivity index (χ4v) is 1.99. The topological polar surface area (TPSA) is 66.8 Å². The summed E-state index contributed by atoms with van der Waals surface area (Å²) in [6, 6.07) is 0.133. The highest BCUT2D eigenvalue weighted by Crippen LogP contribution is 2.37. The monoisotopic (exact) mass is 211 g/mol. The van der Waals surface area contributed by atoms with Gasteiger partial charge in [-0.3, -0.25) is 4.79 Å². The molecular weight excluding hydrogens is 198 g/mol. The Bertz CT molecular complexity index is 336. The number of nitrogens with zero attached hydrogens (tertiary/aromatic N) is 1. The summed E-state index contributed by atoms with van der Waals surface area (Å²) in [5.74, 6) is -0.345. The van der Waals surface area contributed by atoms with Crippen LogP contribution in [0.1, 0.15) is 13.3 Å². The second-order valence-electron chi connectivity index (χ2n) is 3.81. The zero-order chi connectivity index (χ0) is 11.0. The summed E-state index contributed by atoms with van der Waals surface area (Å²) in [5, 5.41) is 8.52. The number of aliphatic hydroxyl groups excluding tert-OH is 1. The number of carbonyl (C=O) groups is 2. The largest absolute Gasteiger partial charge is 0.459 e. The first-order valence-electron chi connectivity index (χ1n) is 4.97. The average molecular weight is 211 g/mol. The molecule has 2 aliphatic rings. The Balaban J connectivity index is 2.05. The number of β-lactam (4-membered cyclic amide) rings is 1. The van der Waals surface area contributed by atoms with E-state index in [2.05, 4.69) is 0 Å². The van der Waals surface area contributed by atoms with Crippen LogP contribution in [0.2, 0.25) is 0 Å². The summed E-state index contributed by atoms with van der Waals surface area (Å²) >= 11 is 0. The van der Waals surface area contributed by atoms with Crippen molar-refractivity contribution in [3.05, 3.63) is 11.8 Å². The molecule has 15 heavy (non-hydrogen) atoms. The molecule has 1 amide bonds. The molecule has 2 aliphatic heterocycles. The van der Waals surface area contributed by atoms with Crippen molar-refractivity contribution in [1.29, 1.82) is 0 Å². The highest BCUT2D eigenvalue weighted by atomic mass is 16.5. The first-order chi connectivity index (χ1) is 7.15. The molecule has 0 aliphatic carbocycles. The molecule has 1 N–H and O–H groups in total. The Labute approximate surface area is 87.3 Å². The van der Waals surface area contributed by atoms with Crippen LogP contribution in [0.4, 0.5) is 0 Å². The lowest BCUT2D eigenvalue weighted by molar-refractivity contribution is -0.151. The van der Waals surface area contributed by atoms with Crippen molar-refractivity contribution in [2.45, 2.75) is 19.4 Å². The molecule has 0 saturated carbocycles. The van der Waals surface area contributed by atoms with E-state index >= 15 is 0 Å². The van der Waals surface area contributed by atoms with Gasteiger partial charge in [-0.2, -0.15) is 0 Å². The molecule has 5 nitrogen and oxygen atoms in total. The Morgan fingerprint density at radius 1 is 1.73 bits per heavy atom. The Morgan fingerprint density at radius 2 is 2.47 bits per heavy atom. The third kappa shape index (κ3) is 1.52. The molecule has 82 valence electrons. The average Bonchev–Trinajstić information content (AvgIpc) is 2.46. The van der Waals surface area contributed by atoms with Crippen molar-refractivity contribution in [1.82, 2.24) is 4.90 Å². The predicted octanol–water partition coefficient (Wildman–Crippen LogP) is -0.344. The van der Waals surface area contributed by atoms with Crippen LogP contribution in [0.25, 0.3) is 0 Å². The molecule has 0 aromatic heterocycles. The molecule has 2 heterocycles. The summed E-state index contributed by atoms with van der Waals surface area (Å²) in [6.45, 7) is 1.74. The van der Waals surface area contributed by atoms with Gasteiger partial charge in [0, 0.05) is 6.42 Å². The van der Waals surface area contributed by atoms with Crippen molar-refractivity contribution in [3.8, 4) is 0 Å². The molecule has 2 rings (SSSR count). The van der Waals surface area contributed by atoms with Crippen molar-refractivity contribution >= 4 is 11.9 Å². The van der Waals surface area contributed by atoms with E-state index in [1.807, 2.05) is 6.92 Å². The number of amides is 1. The molecule has 0 aromatic rings. The summed E-state index contributed by atoms with van der Waals surface area (Å²) in [4.78, 5) is 24.3. The summed E-state index contributed by atoms with van der Waals surface area (Å²) < 4.78 is 4.77. The summed E-state index contributed by atoms with van der Waals surface area (Å²) in [6.07, 6.45) is 2.27. The zero-order valence-electron chi connectivity index (χ0n) is 8.47. The molecule has 0 aromatic carbocycles. The maximum absolute atomic E-state index is 11.5. The van der Waals surface area contributed by atoms with Crippen LogP contribution in [0.15, 0.2) is 11.8 Å². The minimum atomic E-state index is -0.522. The van der Waals surface area contributed by atoms with Crippen LogP contribution in [0.3, 0.4) is 0 Å². The fourth-order valence-electron chi connectivity index (χ4n) is 1.99. The first kappa shape index (κ1) is 10.2. The number of ether oxygens (including phenoxy) is 1. The van der Waals surface area contributed by atoms with Gasteiger partial charge in [0.05, 0.1) is 12.6 Å². The standard InChI is InChI=1S/C10H13NO4/c1-6-4-8(10(14)15-3-2-12)11-7(6)5-9(11)13/h4,6-7,12H,2-3,5H2,1H3/t6?,7-/m0/s1. The van der Waals surface area contributed by atoms with E-state index < -0.39 is 5.97 Å². The summed E-state index contributed by atoms with van der Waals surface area (Å²) in [5.41, 5.74) is 0.331. The maximum atomic E-state index is 11.5. The van der Waals surface area contributed by atoms with Crippen molar-refractivity contribution in [2.75, 3.05) is 13.2 Å². The van der Waals surface area contributed by atoms with Gasteiger partial charge in [0.2, 0.25) is 5.91 Å². The third-order valence-corrected chi connectivity index (χ3v) is 2.80. The van der Waals surface area contributed by atoms with Crippen LogP contribution in [-0.4, -0.2) is 41.1 Å². The van der Waals surface area contributed by atoms with E-state index in [0.717, 1.165) is 0 Å². The third-order valence-electron chi connectivity index (χ3n) is 2.80. The molecule has 0 radical (unpaired) electrons. The number of esters is 1. The Hall–Kier alpha value is -1.36. The van der Waals surface area contributed by atoms with Crippen LogP contribution in [0, 0.1) is 5.92 Å². The molecule has 2 atom stereocenters. The number of carbonyl (C=O) groups excluding carboxylic acids is 2. The second-order valence-corrected chi connectivity index (χ2v) is 3.81. The van der Waals surface area contributed by atoms with Gasteiger partial charge < -0.3 is 14.7 Å². The molecule has 0 spiro atoms. The lowest BCUT2D eigenvalue weighted by Gasteiger charge is -2.37. The predicted molar refractivity (Wildman–Crippen MR) is 50.5 cm³/mol. The Morgan fingerprint density at radius 3 is 3.07 bits per heavy atom. The number of hydrogen-bond donors (Lipinski definition) is 1. The van der Waals surface area contributed by atoms with Crippen molar-refractivity contribution < 1.29 is 19.4 Å². The van der Waals surface area contributed by atoms with E-state index in [1.165, 1.54) is 4.90 Å².